The van der Waals surface area contributed by atoms with Crippen LogP contribution in [0.4, 0.5) is 0 Å². The van der Waals surface area contributed by atoms with Gasteiger partial charge in [-0.05, 0) is 50.2 Å². The number of nitrogens with zero attached hydrogens (tertiary/aromatic N) is 1. The molecule has 1 rings (SSSR count). The van der Waals surface area contributed by atoms with Crippen LogP contribution in [0.3, 0.4) is 0 Å². The van der Waals surface area contributed by atoms with Gasteiger partial charge in [0.05, 0.1) is 25.0 Å². The van der Waals surface area contributed by atoms with Crippen molar-refractivity contribution in [2.45, 2.75) is 64.7 Å². The summed E-state index contributed by atoms with van der Waals surface area (Å²) >= 11 is 0. The Morgan fingerprint density at radius 1 is 1.14 bits per heavy atom. The lowest BCUT2D eigenvalue weighted by Gasteiger charge is -2.23. The van der Waals surface area contributed by atoms with E-state index in [0.717, 1.165) is 17.7 Å². The van der Waals surface area contributed by atoms with Gasteiger partial charge in [-0.2, -0.15) is 8.42 Å². The van der Waals surface area contributed by atoms with Gasteiger partial charge < -0.3 is 20.3 Å². The molecular weight excluding hydrogens is 508 g/mol. The highest BCUT2D eigenvalue weighted by atomic mass is 32.3. The number of aromatic nitrogens is 1. The van der Waals surface area contributed by atoms with E-state index < -0.39 is 34.2 Å². The predicted octanol–water partition coefficient (Wildman–Crippen LogP) is 1.88. The summed E-state index contributed by atoms with van der Waals surface area (Å²) in [7, 11) is -4.51. The van der Waals surface area contributed by atoms with Crippen LogP contribution in [0.2, 0.25) is 0 Å². The van der Waals surface area contributed by atoms with Crippen LogP contribution in [0, 0.1) is 11.8 Å². The summed E-state index contributed by atoms with van der Waals surface area (Å²) < 4.78 is 38.5. The number of aliphatic hydroxyl groups is 1. The molecule has 0 aliphatic heterocycles. The number of aryl methyl sites for hydroxylation is 1. The van der Waals surface area contributed by atoms with E-state index in [2.05, 4.69) is 14.5 Å². The summed E-state index contributed by atoms with van der Waals surface area (Å²) in [5.41, 5.74) is 1.78. The number of aliphatic carboxylic acids is 1. The average Bonchev–Trinajstić information content (AvgIpc) is 2.85. The van der Waals surface area contributed by atoms with Crippen LogP contribution in [0.15, 0.2) is 18.3 Å². The first kappa shape index (κ1) is 32.4. The summed E-state index contributed by atoms with van der Waals surface area (Å²) in [6.45, 7) is 2.71. The number of carboxylic acids is 1. The Kier molecular flexibility index (Phi) is 14.9. The molecule has 0 fully saturated rings. The SMILES string of the molecule is CCC(CC(CC(C)C(=O)O)C(=O)OCCO)c1ccc(CCCCC(=O)NCCOS(=O)(=O)O)cn1. The molecule has 0 spiro atoms. The van der Waals surface area contributed by atoms with Crippen LogP contribution in [-0.2, 0) is 40.1 Å². The van der Waals surface area contributed by atoms with Crippen LogP contribution in [0.5, 0.6) is 0 Å². The van der Waals surface area contributed by atoms with Gasteiger partial charge in [-0.3, -0.25) is 23.9 Å². The van der Waals surface area contributed by atoms with E-state index in [1.165, 1.54) is 0 Å². The van der Waals surface area contributed by atoms with Crippen molar-refractivity contribution in [1.82, 2.24) is 10.3 Å². The molecule has 4 N–H and O–H groups in total. The van der Waals surface area contributed by atoms with Crippen LogP contribution in [0.25, 0.3) is 0 Å². The first-order valence-corrected chi connectivity index (χ1v) is 13.7. The fraction of sp³-hybridized carbons (Fsp3) is 0.667. The van der Waals surface area contributed by atoms with Gasteiger partial charge in [0.15, 0.2) is 0 Å². The van der Waals surface area contributed by atoms with Crippen LogP contribution in [-0.4, -0.2) is 72.4 Å². The molecule has 3 unspecified atom stereocenters. The Hall–Kier alpha value is -2.61. The third kappa shape index (κ3) is 14.1. The quantitative estimate of drug-likeness (QED) is 0.113. The minimum atomic E-state index is -4.51. The summed E-state index contributed by atoms with van der Waals surface area (Å²) in [5.74, 6) is -3.18. The van der Waals surface area contributed by atoms with Gasteiger partial charge in [0.1, 0.15) is 6.61 Å². The fourth-order valence-electron chi connectivity index (χ4n) is 3.79. The Morgan fingerprint density at radius 3 is 2.43 bits per heavy atom. The molecule has 12 nitrogen and oxygen atoms in total. The number of nitrogens with one attached hydrogen (secondary N) is 1. The standard InChI is InChI=1S/C24H38N2O10S/c1-3-19(15-20(14-17(2)23(29)30)24(31)35-13-11-27)21-9-8-18(16-26-21)6-4-5-7-22(28)25-10-12-36-37(32,33)34/h8-9,16-17,19-20,27H,3-7,10-15H2,1-2H3,(H,25,28)(H,29,30)(H,32,33,34). The van der Waals surface area contributed by atoms with Gasteiger partial charge in [-0.1, -0.05) is 19.9 Å². The van der Waals surface area contributed by atoms with Gasteiger partial charge in [-0.25, -0.2) is 4.18 Å². The Labute approximate surface area is 217 Å². The Bertz CT molecular complexity index is 953. The molecule has 0 radical (unpaired) electrons. The third-order valence-corrected chi connectivity index (χ3v) is 6.30. The maximum Gasteiger partial charge on any atom is 0.397 e. The number of hydrogen-bond donors (Lipinski definition) is 4. The molecule has 0 aliphatic rings. The van der Waals surface area contributed by atoms with Crippen LogP contribution >= 0.6 is 0 Å². The molecule has 210 valence electrons. The van der Waals surface area contributed by atoms with Crippen LogP contribution in [0.1, 0.15) is 69.5 Å². The summed E-state index contributed by atoms with van der Waals surface area (Å²) in [6, 6.07) is 3.83. The first-order chi connectivity index (χ1) is 17.5. The summed E-state index contributed by atoms with van der Waals surface area (Å²) in [4.78, 5) is 40.1. The van der Waals surface area contributed by atoms with Crippen molar-refractivity contribution in [2.24, 2.45) is 11.8 Å². The predicted molar refractivity (Wildman–Crippen MR) is 133 cm³/mol. The molecule has 1 aromatic rings. The van der Waals surface area contributed by atoms with Crippen molar-refractivity contribution in [3.8, 4) is 0 Å². The zero-order chi connectivity index (χ0) is 27.8. The molecule has 37 heavy (non-hydrogen) atoms. The highest BCUT2D eigenvalue weighted by Crippen LogP contribution is 2.30. The number of carbonyl (C=O) groups is 3. The number of pyridine rings is 1. The van der Waals surface area contributed by atoms with Crippen molar-refractivity contribution < 1.29 is 46.5 Å². The van der Waals surface area contributed by atoms with Crippen LogP contribution < -0.4 is 5.32 Å². The number of unbranched alkanes of at least 4 members (excludes halogenated alkanes) is 1. The Morgan fingerprint density at radius 2 is 1.86 bits per heavy atom. The van der Waals surface area contributed by atoms with Crippen molar-refractivity contribution in [1.29, 1.82) is 0 Å². The van der Waals surface area contributed by atoms with Gasteiger partial charge in [0.25, 0.3) is 0 Å². The van der Waals surface area contributed by atoms with E-state index in [1.54, 1.807) is 13.1 Å². The number of carboxylic acid groups (broad SMARTS) is 1. The molecule has 1 amide bonds. The van der Waals surface area contributed by atoms with E-state index in [4.69, 9.17) is 14.4 Å². The first-order valence-electron chi connectivity index (χ1n) is 12.3. The number of carbonyl (C=O) groups excluding carboxylic acids is 2. The zero-order valence-corrected chi connectivity index (χ0v) is 22.1. The lowest BCUT2D eigenvalue weighted by Crippen LogP contribution is -2.27. The second-order valence-electron chi connectivity index (χ2n) is 8.80. The lowest BCUT2D eigenvalue weighted by molar-refractivity contribution is -0.151. The van der Waals surface area contributed by atoms with Gasteiger partial charge in [-0.15, -0.1) is 0 Å². The van der Waals surface area contributed by atoms with Crippen molar-refractivity contribution >= 4 is 28.2 Å². The number of amides is 1. The van der Waals surface area contributed by atoms with Crippen molar-refractivity contribution in [3.05, 3.63) is 29.6 Å². The molecule has 1 aromatic heterocycles. The molecule has 0 saturated heterocycles. The topological polar surface area (TPSA) is 189 Å². The largest absolute Gasteiger partial charge is 0.481 e. The maximum absolute atomic E-state index is 12.5. The van der Waals surface area contributed by atoms with Gasteiger partial charge in [0, 0.05) is 30.8 Å². The molecule has 0 bridgehead atoms. The van der Waals surface area contributed by atoms with Gasteiger partial charge in [0.2, 0.25) is 5.91 Å². The van der Waals surface area contributed by atoms with E-state index in [-0.39, 0.29) is 51.0 Å². The highest BCUT2D eigenvalue weighted by molar-refractivity contribution is 7.80. The minimum absolute atomic E-state index is 0.0299. The lowest BCUT2D eigenvalue weighted by atomic mass is 9.84. The number of rotatable bonds is 19. The second-order valence-corrected chi connectivity index (χ2v) is 9.89. The normalized spacial score (nSPS) is 13.9. The number of aliphatic hydroxyl groups excluding tert-OH is 1. The number of esters is 1. The highest BCUT2D eigenvalue weighted by Gasteiger charge is 2.29. The molecule has 0 aliphatic carbocycles. The Balaban J connectivity index is 2.57. The second kappa shape index (κ2) is 17.0. The number of ether oxygens (including phenoxy) is 1. The third-order valence-electron chi connectivity index (χ3n) is 5.83. The molecular formula is C24H38N2O10S. The molecule has 1 heterocycles. The molecule has 0 saturated carbocycles. The van der Waals surface area contributed by atoms with E-state index in [9.17, 15) is 27.9 Å². The molecule has 0 aromatic carbocycles. The van der Waals surface area contributed by atoms with E-state index in [1.807, 2.05) is 19.1 Å². The molecule has 13 heteroatoms. The smallest absolute Gasteiger partial charge is 0.397 e. The molecule has 3 atom stereocenters. The minimum Gasteiger partial charge on any atom is -0.481 e. The summed E-state index contributed by atoms with van der Waals surface area (Å²) in [6.07, 6.45) is 5.28. The summed E-state index contributed by atoms with van der Waals surface area (Å²) in [5, 5.41) is 20.7. The zero-order valence-electron chi connectivity index (χ0n) is 21.3. The van der Waals surface area contributed by atoms with E-state index in [0.29, 0.717) is 25.7 Å². The average molecular weight is 547 g/mol. The monoisotopic (exact) mass is 546 g/mol. The number of hydrogen-bond acceptors (Lipinski definition) is 9. The van der Waals surface area contributed by atoms with E-state index >= 15 is 0 Å². The van der Waals surface area contributed by atoms with Gasteiger partial charge >= 0.3 is 22.3 Å². The van der Waals surface area contributed by atoms with Crippen molar-refractivity contribution in [3.63, 3.8) is 0 Å². The maximum atomic E-state index is 12.5. The fourth-order valence-corrected chi connectivity index (χ4v) is 4.08. The van der Waals surface area contributed by atoms with Crippen molar-refractivity contribution in [2.75, 3.05) is 26.4 Å².